The average molecular weight is 870 g/mol. The van der Waals surface area contributed by atoms with Crippen LogP contribution in [0.3, 0.4) is 0 Å². The smallest absolute Gasteiger partial charge is 0.326 e. The van der Waals surface area contributed by atoms with E-state index >= 15 is 0 Å². The number of unbranched alkanes of at least 4 members (excludes halogenated alkanes) is 1. The molecule has 22 heteroatoms. The van der Waals surface area contributed by atoms with Gasteiger partial charge in [-0.25, -0.2) is 4.79 Å². The first kappa shape index (κ1) is 53.6. The fraction of sp³-hybridized carbons (Fsp3) is 0.744. The quantitative estimate of drug-likeness (QED) is 0.0385. The summed E-state index contributed by atoms with van der Waals surface area (Å²) in [7, 11) is 0. The number of carboxylic acids is 3. The number of carbonyl (C=O) groups is 10. The van der Waals surface area contributed by atoms with Crippen LogP contribution < -0.4 is 43.4 Å². The normalized spacial score (nSPS) is 16.7. The second-order valence-corrected chi connectivity index (χ2v) is 16.5. The van der Waals surface area contributed by atoms with E-state index in [1.807, 2.05) is 13.8 Å². The van der Waals surface area contributed by atoms with Crippen LogP contribution in [0.25, 0.3) is 0 Å². The van der Waals surface area contributed by atoms with Crippen molar-refractivity contribution in [2.24, 2.45) is 29.2 Å². The van der Waals surface area contributed by atoms with Crippen LogP contribution in [0.4, 0.5) is 0 Å². The zero-order valence-electron chi connectivity index (χ0n) is 36.0. The van der Waals surface area contributed by atoms with Gasteiger partial charge in [0.15, 0.2) is 0 Å². The molecule has 1 saturated heterocycles. The highest BCUT2D eigenvalue weighted by Gasteiger charge is 2.38. The summed E-state index contributed by atoms with van der Waals surface area (Å²) in [6.07, 6.45) is 0.0841. The molecule has 1 heterocycles. The highest BCUT2D eigenvalue weighted by molar-refractivity contribution is 5.97. The van der Waals surface area contributed by atoms with Crippen molar-refractivity contribution in [3.63, 3.8) is 0 Å². The molecule has 0 aromatic rings. The molecule has 346 valence electrons. The molecule has 22 nitrogen and oxygen atoms in total. The molecule has 0 aromatic carbocycles. The summed E-state index contributed by atoms with van der Waals surface area (Å²) in [5, 5.41) is 42.9. The Labute approximate surface area is 355 Å². The summed E-state index contributed by atoms with van der Waals surface area (Å²) in [5.41, 5.74) is 11.6. The Morgan fingerprint density at radius 3 is 1.77 bits per heavy atom. The number of carboxylic acid groups (broad SMARTS) is 3. The van der Waals surface area contributed by atoms with Crippen LogP contribution in [0.2, 0.25) is 0 Å². The van der Waals surface area contributed by atoms with E-state index in [2.05, 4.69) is 31.9 Å². The van der Waals surface area contributed by atoms with Gasteiger partial charge in [0.05, 0.1) is 19.0 Å². The average Bonchev–Trinajstić information content (AvgIpc) is 3.66. The molecule has 1 fully saturated rings. The maximum atomic E-state index is 13.7. The first-order valence-electron chi connectivity index (χ1n) is 20.7. The molecule has 1 rings (SSSR count). The topological polar surface area (TPSA) is 359 Å². The Bertz CT molecular complexity index is 1560. The van der Waals surface area contributed by atoms with Gasteiger partial charge >= 0.3 is 17.9 Å². The molecule has 0 spiro atoms. The zero-order valence-corrected chi connectivity index (χ0v) is 36.0. The van der Waals surface area contributed by atoms with Crippen molar-refractivity contribution >= 4 is 59.3 Å². The molecule has 61 heavy (non-hydrogen) atoms. The maximum absolute atomic E-state index is 13.7. The van der Waals surface area contributed by atoms with E-state index in [0.717, 1.165) is 0 Å². The lowest BCUT2D eigenvalue weighted by Gasteiger charge is -2.29. The summed E-state index contributed by atoms with van der Waals surface area (Å²) in [6, 6.07) is -8.90. The van der Waals surface area contributed by atoms with Crippen molar-refractivity contribution in [3.8, 4) is 0 Å². The molecule has 13 N–H and O–H groups in total. The SMILES string of the molecule is CC(C)CC(N)C(=O)NC(CCC(=O)O)C(=O)NC(CC(=O)O)C(=O)NCC(=O)N1CCCC1C(=O)NC(CCCCN)C(=O)NC(C(=O)NC(CC(C)C)C(=O)O)C(C)C. The molecular weight excluding hydrogens is 802 g/mol. The third-order valence-corrected chi connectivity index (χ3v) is 9.79. The van der Waals surface area contributed by atoms with Crippen LogP contribution in [-0.4, -0.2) is 141 Å². The van der Waals surface area contributed by atoms with E-state index in [1.54, 1.807) is 27.7 Å². The first-order valence-corrected chi connectivity index (χ1v) is 20.7. The van der Waals surface area contributed by atoms with Gasteiger partial charge in [-0.3, -0.25) is 43.2 Å². The van der Waals surface area contributed by atoms with Gasteiger partial charge in [-0.2, -0.15) is 0 Å². The predicted molar refractivity (Wildman–Crippen MR) is 219 cm³/mol. The van der Waals surface area contributed by atoms with Gasteiger partial charge in [0.25, 0.3) is 0 Å². The minimum atomic E-state index is -1.77. The number of nitrogens with two attached hydrogens (primary N) is 2. The van der Waals surface area contributed by atoms with Crippen LogP contribution in [0.5, 0.6) is 0 Å². The summed E-state index contributed by atoms with van der Waals surface area (Å²) < 4.78 is 0. The zero-order chi connectivity index (χ0) is 46.6. The number of aliphatic carboxylic acids is 3. The Kier molecular flexibility index (Phi) is 23.5. The molecule has 0 aliphatic carbocycles. The number of rotatable bonds is 28. The fourth-order valence-corrected chi connectivity index (χ4v) is 6.58. The maximum Gasteiger partial charge on any atom is 0.326 e. The minimum absolute atomic E-state index is 0.0134. The molecule has 0 bridgehead atoms. The van der Waals surface area contributed by atoms with Gasteiger partial charge < -0.3 is 63.6 Å². The lowest BCUT2D eigenvalue weighted by Crippen LogP contribution is -2.59. The molecule has 1 aliphatic heterocycles. The first-order chi connectivity index (χ1) is 28.5. The van der Waals surface area contributed by atoms with Crippen LogP contribution in [-0.2, 0) is 47.9 Å². The van der Waals surface area contributed by atoms with Gasteiger partial charge in [-0.1, -0.05) is 41.5 Å². The summed E-state index contributed by atoms with van der Waals surface area (Å²) in [4.78, 5) is 129. The van der Waals surface area contributed by atoms with E-state index in [9.17, 15) is 63.3 Å². The Balaban J connectivity index is 3.12. The fourth-order valence-electron chi connectivity index (χ4n) is 6.58. The number of nitrogens with one attached hydrogen (secondary N) is 6. The highest BCUT2D eigenvalue weighted by Crippen LogP contribution is 2.19. The Hall–Kier alpha value is -5.38. The van der Waals surface area contributed by atoms with E-state index in [0.29, 0.717) is 25.8 Å². The summed E-state index contributed by atoms with van der Waals surface area (Å²) in [6.45, 7) is 10.2. The van der Waals surface area contributed by atoms with E-state index < -0.39 is 133 Å². The monoisotopic (exact) mass is 869 g/mol. The van der Waals surface area contributed by atoms with Crippen molar-refractivity contribution in [1.29, 1.82) is 0 Å². The Morgan fingerprint density at radius 1 is 0.656 bits per heavy atom. The van der Waals surface area contributed by atoms with E-state index in [-0.39, 0.29) is 44.1 Å². The van der Waals surface area contributed by atoms with Crippen LogP contribution in [0.15, 0.2) is 0 Å². The van der Waals surface area contributed by atoms with Crippen LogP contribution >= 0.6 is 0 Å². The number of hydrogen-bond donors (Lipinski definition) is 11. The number of hydrogen-bond acceptors (Lipinski definition) is 12. The van der Waals surface area contributed by atoms with Gasteiger partial charge in [-0.15, -0.1) is 0 Å². The van der Waals surface area contributed by atoms with E-state index in [4.69, 9.17) is 11.5 Å². The molecule has 1 aliphatic rings. The number of carbonyl (C=O) groups excluding carboxylic acids is 7. The van der Waals surface area contributed by atoms with Crippen molar-refractivity contribution in [2.45, 2.75) is 148 Å². The number of amides is 7. The number of nitrogens with zero attached hydrogens (tertiary/aromatic N) is 1. The molecular formula is C39H67N9O13. The Morgan fingerprint density at radius 2 is 1.23 bits per heavy atom. The summed E-state index contributed by atoms with van der Waals surface area (Å²) >= 11 is 0. The van der Waals surface area contributed by atoms with Crippen molar-refractivity contribution in [1.82, 2.24) is 36.8 Å². The van der Waals surface area contributed by atoms with Gasteiger partial charge in [0.2, 0.25) is 41.4 Å². The third-order valence-electron chi connectivity index (χ3n) is 9.79. The van der Waals surface area contributed by atoms with E-state index in [1.165, 1.54) is 4.90 Å². The van der Waals surface area contributed by atoms with Gasteiger partial charge in [0.1, 0.15) is 36.3 Å². The second kappa shape index (κ2) is 26.7. The standard InChI is InChI=1S/C39H67N9O13/c1-20(2)16-23(41)33(54)43-25(12-13-30(50)51)35(56)45-26(18-31(52)53)34(55)42-19-29(49)48-15-9-11-28(48)37(58)44-24(10-7-8-14-40)36(57)47-32(22(5)6)38(59)46-27(39(60)61)17-21(3)4/h20-28,32H,7-19,40-41H2,1-6H3,(H,42,55)(H,43,54)(H,44,58)(H,45,56)(H,46,59)(H,47,57)(H,50,51)(H,52,53)(H,60,61). The van der Waals surface area contributed by atoms with Crippen molar-refractivity contribution in [3.05, 3.63) is 0 Å². The molecule has 7 amide bonds. The molecule has 7 atom stereocenters. The number of likely N-dealkylation sites (tertiary alicyclic amines) is 1. The molecule has 0 aromatic heterocycles. The predicted octanol–water partition coefficient (Wildman–Crippen LogP) is -1.85. The lowest BCUT2D eigenvalue weighted by molar-refractivity contribution is -0.143. The van der Waals surface area contributed by atoms with Crippen molar-refractivity contribution in [2.75, 3.05) is 19.6 Å². The second-order valence-electron chi connectivity index (χ2n) is 16.5. The molecule has 0 radical (unpaired) electrons. The largest absolute Gasteiger partial charge is 0.481 e. The summed E-state index contributed by atoms with van der Waals surface area (Å²) in [5.74, 6) is -10.3. The lowest BCUT2D eigenvalue weighted by atomic mass is 9.99. The molecule has 7 unspecified atom stereocenters. The van der Waals surface area contributed by atoms with Gasteiger partial charge in [-0.05, 0) is 75.7 Å². The van der Waals surface area contributed by atoms with Crippen LogP contribution in [0.1, 0.15) is 106 Å². The highest BCUT2D eigenvalue weighted by atomic mass is 16.4. The minimum Gasteiger partial charge on any atom is -0.481 e. The van der Waals surface area contributed by atoms with Crippen molar-refractivity contribution < 1.29 is 63.3 Å². The van der Waals surface area contributed by atoms with Crippen LogP contribution in [0, 0.1) is 17.8 Å². The molecule has 0 saturated carbocycles. The van der Waals surface area contributed by atoms with Gasteiger partial charge in [0, 0.05) is 13.0 Å². The third kappa shape index (κ3) is 19.7.